The number of carboxylic acids is 1. The Kier molecular flexibility index (Phi) is 4.49. The largest absolute Gasteiger partial charge is 0.480 e. The molecule has 0 aliphatic rings. The standard InChI is InChI=1S/C16H20N2O4/c1-16(2,3)9-8-11(14(19)20)17-13-10-6-4-5-7-12(10)22-15(21)18-13/h4-7,11H,8-9H2,1-3H3,(H,19,20)(H,17,18,21). The van der Waals surface area contributed by atoms with Crippen LogP contribution in [0.4, 0.5) is 5.82 Å². The lowest BCUT2D eigenvalue weighted by Crippen LogP contribution is -2.31. The molecule has 2 aromatic rings. The van der Waals surface area contributed by atoms with Crippen LogP contribution in [-0.4, -0.2) is 22.1 Å². The van der Waals surface area contributed by atoms with E-state index in [1.807, 2.05) is 0 Å². The van der Waals surface area contributed by atoms with Crippen LogP contribution in [0, 0.1) is 5.41 Å². The predicted octanol–water partition coefficient (Wildman–Crippen LogP) is 2.88. The summed E-state index contributed by atoms with van der Waals surface area (Å²) in [6.07, 6.45) is 1.17. The number of benzene rings is 1. The number of aromatic nitrogens is 1. The predicted molar refractivity (Wildman–Crippen MR) is 84.0 cm³/mol. The number of nitrogens with zero attached hydrogens (tertiary/aromatic N) is 1. The van der Waals surface area contributed by atoms with Crippen LogP contribution in [0.25, 0.3) is 11.0 Å². The molecule has 6 heteroatoms. The number of carbonyl (C=O) groups is 1. The summed E-state index contributed by atoms with van der Waals surface area (Å²) in [5, 5.41) is 12.8. The van der Waals surface area contributed by atoms with Crippen LogP contribution in [-0.2, 0) is 4.79 Å². The Balaban J connectivity index is 2.30. The molecule has 118 valence electrons. The third kappa shape index (κ3) is 4.07. The van der Waals surface area contributed by atoms with Crippen LogP contribution in [0.5, 0.6) is 0 Å². The van der Waals surface area contributed by atoms with Gasteiger partial charge in [-0.15, -0.1) is 0 Å². The van der Waals surface area contributed by atoms with Crippen molar-refractivity contribution in [2.75, 3.05) is 5.32 Å². The molecule has 0 radical (unpaired) electrons. The van der Waals surface area contributed by atoms with Gasteiger partial charge in [0.25, 0.3) is 0 Å². The van der Waals surface area contributed by atoms with E-state index in [4.69, 9.17) is 4.42 Å². The van der Waals surface area contributed by atoms with Gasteiger partial charge in [-0.2, -0.15) is 4.98 Å². The van der Waals surface area contributed by atoms with E-state index in [0.29, 0.717) is 17.4 Å². The third-order valence-corrected chi connectivity index (χ3v) is 3.33. The summed E-state index contributed by atoms with van der Waals surface area (Å²) < 4.78 is 5.00. The Hall–Kier alpha value is -2.37. The van der Waals surface area contributed by atoms with Crippen molar-refractivity contribution in [3.05, 3.63) is 34.8 Å². The van der Waals surface area contributed by atoms with Crippen molar-refractivity contribution in [3.8, 4) is 0 Å². The smallest absolute Gasteiger partial charge is 0.441 e. The second-order valence-electron chi connectivity index (χ2n) is 6.46. The molecule has 1 heterocycles. The van der Waals surface area contributed by atoms with Crippen molar-refractivity contribution in [1.29, 1.82) is 0 Å². The molecule has 22 heavy (non-hydrogen) atoms. The normalized spacial score (nSPS) is 13.0. The van der Waals surface area contributed by atoms with Crippen LogP contribution >= 0.6 is 0 Å². The Morgan fingerprint density at radius 3 is 2.68 bits per heavy atom. The lowest BCUT2D eigenvalue weighted by Gasteiger charge is -2.22. The first-order valence-electron chi connectivity index (χ1n) is 7.15. The summed E-state index contributed by atoms with van der Waals surface area (Å²) in [7, 11) is 0. The summed E-state index contributed by atoms with van der Waals surface area (Å²) >= 11 is 0. The van der Waals surface area contributed by atoms with Crippen LogP contribution < -0.4 is 11.1 Å². The van der Waals surface area contributed by atoms with Gasteiger partial charge in [-0.3, -0.25) is 0 Å². The van der Waals surface area contributed by atoms with Gasteiger partial charge in [0, 0.05) is 0 Å². The summed E-state index contributed by atoms with van der Waals surface area (Å²) in [5.74, 6) is -1.47. The van der Waals surface area contributed by atoms with Crippen molar-refractivity contribution in [3.63, 3.8) is 0 Å². The zero-order valence-corrected chi connectivity index (χ0v) is 12.9. The van der Waals surface area contributed by atoms with E-state index in [1.165, 1.54) is 0 Å². The number of para-hydroxylation sites is 1. The molecule has 0 fully saturated rings. The Bertz CT molecular complexity index is 731. The highest BCUT2D eigenvalue weighted by molar-refractivity contribution is 5.89. The van der Waals surface area contributed by atoms with Crippen LogP contribution in [0.2, 0.25) is 0 Å². The molecular formula is C16H20N2O4. The number of nitrogens with one attached hydrogen (secondary N) is 1. The molecule has 1 unspecified atom stereocenters. The fourth-order valence-corrected chi connectivity index (χ4v) is 2.13. The van der Waals surface area contributed by atoms with Crippen molar-refractivity contribution < 1.29 is 14.3 Å². The zero-order chi connectivity index (χ0) is 16.3. The summed E-state index contributed by atoms with van der Waals surface area (Å²) in [4.78, 5) is 26.7. The molecular weight excluding hydrogens is 284 g/mol. The van der Waals surface area contributed by atoms with Gasteiger partial charge in [-0.1, -0.05) is 32.9 Å². The van der Waals surface area contributed by atoms with Crippen molar-refractivity contribution in [1.82, 2.24) is 4.98 Å². The van der Waals surface area contributed by atoms with Gasteiger partial charge < -0.3 is 14.8 Å². The van der Waals surface area contributed by atoms with E-state index >= 15 is 0 Å². The number of hydrogen-bond acceptors (Lipinski definition) is 5. The first kappa shape index (κ1) is 16.0. The van der Waals surface area contributed by atoms with Crippen molar-refractivity contribution in [2.45, 2.75) is 39.7 Å². The topological polar surface area (TPSA) is 92.4 Å². The minimum absolute atomic E-state index is 0.0284. The first-order valence-corrected chi connectivity index (χ1v) is 7.15. The van der Waals surface area contributed by atoms with Gasteiger partial charge in [-0.05, 0) is 30.4 Å². The number of aliphatic carboxylic acids is 1. The average Bonchev–Trinajstić information content (AvgIpc) is 2.41. The van der Waals surface area contributed by atoms with E-state index in [0.717, 1.165) is 6.42 Å². The third-order valence-electron chi connectivity index (χ3n) is 3.33. The molecule has 1 atom stereocenters. The molecule has 0 bridgehead atoms. The monoisotopic (exact) mass is 304 g/mol. The van der Waals surface area contributed by atoms with Crippen LogP contribution in [0.3, 0.4) is 0 Å². The molecule has 0 saturated carbocycles. The molecule has 1 aromatic heterocycles. The van der Waals surface area contributed by atoms with Crippen molar-refractivity contribution >= 4 is 22.8 Å². The molecule has 0 aliphatic carbocycles. The van der Waals surface area contributed by atoms with Gasteiger partial charge in [0.05, 0.1) is 5.39 Å². The molecule has 6 nitrogen and oxygen atoms in total. The van der Waals surface area contributed by atoms with E-state index in [2.05, 4.69) is 31.1 Å². The maximum absolute atomic E-state index is 11.5. The molecule has 0 aliphatic heterocycles. The van der Waals surface area contributed by atoms with E-state index in [1.54, 1.807) is 24.3 Å². The number of carboxylic acid groups (broad SMARTS) is 1. The number of anilines is 1. The highest BCUT2D eigenvalue weighted by Crippen LogP contribution is 2.24. The van der Waals surface area contributed by atoms with E-state index in [9.17, 15) is 14.7 Å². The summed E-state index contributed by atoms with van der Waals surface area (Å²) in [6.45, 7) is 6.16. The Labute approximate surface area is 128 Å². The van der Waals surface area contributed by atoms with E-state index < -0.39 is 17.8 Å². The first-order chi connectivity index (χ1) is 10.3. The van der Waals surface area contributed by atoms with Crippen LogP contribution in [0.15, 0.2) is 33.5 Å². The fourth-order valence-electron chi connectivity index (χ4n) is 2.13. The molecule has 2 N–H and O–H groups in total. The average molecular weight is 304 g/mol. The molecule has 0 amide bonds. The van der Waals surface area contributed by atoms with Gasteiger partial charge in [0.15, 0.2) is 0 Å². The van der Waals surface area contributed by atoms with Gasteiger partial charge in [0.2, 0.25) is 0 Å². The SMILES string of the molecule is CC(C)(C)CCC(Nc1nc(=O)oc2ccccc12)C(=O)O. The molecule has 2 rings (SSSR count). The minimum Gasteiger partial charge on any atom is -0.480 e. The maximum atomic E-state index is 11.5. The minimum atomic E-state index is -0.969. The van der Waals surface area contributed by atoms with Crippen LogP contribution in [0.1, 0.15) is 33.6 Å². The van der Waals surface area contributed by atoms with Gasteiger partial charge in [-0.25, -0.2) is 9.59 Å². The van der Waals surface area contributed by atoms with Crippen molar-refractivity contribution in [2.24, 2.45) is 5.41 Å². The molecule has 0 spiro atoms. The highest BCUT2D eigenvalue weighted by atomic mass is 16.4. The Morgan fingerprint density at radius 1 is 1.36 bits per heavy atom. The zero-order valence-electron chi connectivity index (χ0n) is 12.9. The summed E-state index contributed by atoms with van der Waals surface area (Å²) in [5.41, 5.74) is 0.408. The lowest BCUT2D eigenvalue weighted by atomic mass is 9.88. The van der Waals surface area contributed by atoms with Gasteiger partial charge >= 0.3 is 11.7 Å². The highest BCUT2D eigenvalue weighted by Gasteiger charge is 2.22. The lowest BCUT2D eigenvalue weighted by molar-refractivity contribution is -0.138. The second kappa shape index (κ2) is 6.17. The fraction of sp³-hybridized carbons (Fsp3) is 0.438. The molecule has 1 aromatic carbocycles. The second-order valence-corrected chi connectivity index (χ2v) is 6.46. The number of rotatable bonds is 5. The van der Waals surface area contributed by atoms with Gasteiger partial charge in [0.1, 0.15) is 17.4 Å². The maximum Gasteiger partial charge on any atom is 0.441 e. The van der Waals surface area contributed by atoms with E-state index in [-0.39, 0.29) is 11.2 Å². The summed E-state index contributed by atoms with van der Waals surface area (Å²) in [6, 6.07) is 6.09. The number of hydrogen-bond donors (Lipinski definition) is 2. The quantitative estimate of drug-likeness (QED) is 0.882. The number of fused-ring (bicyclic) bond motifs is 1. The molecule has 0 saturated heterocycles. The Morgan fingerprint density at radius 2 is 2.05 bits per heavy atom.